The molecule has 3 aromatic rings. The first kappa shape index (κ1) is 28.7. The van der Waals surface area contributed by atoms with E-state index in [1.165, 1.54) is 0 Å². The number of fused-ring (bicyclic) bond motifs is 1. The lowest BCUT2D eigenvalue weighted by molar-refractivity contribution is -0.117. The van der Waals surface area contributed by atoms with Gasteiger partial charge in [0, 0.05) is 29.4 Å². The van der Waals surface area contributed by atoms with Crippen LogP contribution in [0.2, 0.25) is 23.2 Å². The van der Waals surface area contributed by atoms with Crippen molar-refractivity contribution in [1.29, 1.82) is 5.26 Å². The van der Waals surface area contributed by atoms with Crippen molar-refractivity contribution in [2.75, 3.05) is 11.9 Å². The van der Waals surface area contributed by atoms with Crippen molar-refractivity contribution >= 4 is 42.4 Å². The van der Waals surface area contributed by atoms with Gasteiger partial charge in [0.05, 0.1) is 35.2 Å². The second-order valence-electron chi connectivity index (χ2n) is 12.5. The number of rotatable bonds is 7. The van der Waals surface area contributed by atoms with Crippen molar-refractivity contribution in [3.05, 3.63) is 40.8 Å². The van der Waals surface area contributed by atoms with Crippen molar-refractivity contribution in [3.63, 3.8) is 0 Å². The van der Waals surface area contributed by atoms with E-state index in [1.807, 2.05) is 16.8 Å². The lowest BCUT2D eigenvalue weighted by atomic mass is 10.00. The van der Waals surface area contributed by atoms with Gasteiger partial charge in [0.2, 0.25) is 5.91 Å². The van der Waals surface area contributed by atoms with E-state index in [0.717, 1.165) is 59.2 Å². The van der Waals surface area contributed by atoms with E-state index in [-0.39, 0.29) is 29.0 Å². The smallest absolute Gasteiger partial charge is 0.230 e. The van der Waals surface area contributed by atoms with Gasteiger partial charge in [0.15, 0.2) is 8.32 Å². The Morgan fingerprint density at radius 1 is 1.30 bits per heavy atom. The number of hydrogen-bond donors (Lipinski definition) is 1. The molecule has 0 spiro atoms. The molecule has 1 N–H and O–H groups in total. The van der Waals surface area contributed by atoms with Crippen molar-refractivity contribution < 1.29 is 14.0 Å². The monoisotopic (exact) mass is 579 g/mol. The number of aromatic nitrogens is 3. The first-order chi connectivity index (χ1) is 18.9. The van der Waals surface area contributed by atoms with Crippen LogP contribution in [0.5, 0.6) is 0 Å². The van der Waals surface area contributed by atoms with Crippen LogP contribution in [0.15, 0.2) is 24.4 Å². The minimum Gasteiger partial charge on any atom is -0.411 e. The van der Waals surface area contributed by atoms with Gasteiger partial charge >= 0.3 is 0 Å². The molecule has 5 rings (SSSR count). The number of ether oxygens (including phenoxy) is 1. The fraction of sp³-hybridized carbons (Fsp3) is 0.533. The lowest BCUT2D eigenvalue weighted by Gasteiger charge is -2.36. The molecule has 10 heteroatoms. The van der Waals surface area contributed by atoms with Crippen LogP contribution in [0.1, 0.15) is 64.1 Å². The van der Waals surface area contributed by atoms with Crippen LogP contribution in [0.4, 0.5) is 5.82 Å². The summed E-state index contributed by atoms with van der Waals surface area (Å²) in [6, 6.07) is 8.02. The molecule has 3 atom stereocenters. The second kappa shape index (κ2) is 10.9. The van der Waals surface area contributed by atoms with Crippen LogP contribution < -0.4 is 5.32 Å². The lowest BCUT2D eigenvalue weighted by Crippen LogP contribution is -2.40. The first-order valence-corrected chi connectivity index (χ1v) is 17.3. The third-order valence-electron chi connectivity index (χ3n) is 8.65. The quantitative estimate of drug-likeness (QED) is 0.293. The number of anilines is 1. The van der Waals surface area contributed by atoms with Crippen molar-refractivity contribution in [2.45, 2.75) is 84.3 Å². The molecule has 1 aromatic carbocycles. The number of carbonyl (C=O) groups excluding carboxylic acids is 1. The number of hydrogen-bond acceptors (Lipinski definition) is 6. The van der Waals surface area contributed by atoms with Gasteiger partial charge in [0.1, 0.15) is 12.0 Å². The van der Waals surface area contributed by atoms with Crippen LogP contribution in [0.25, 0.3) is 21.9 Å². The number of nitrogens with zero attached hydrogens (tertiary/aromatic N) is 4. The molecule has 1 aliphatic heterocycles. The molecule has 2 aliphatic rings. The third-order valence-corrected chi connectivity index (χ3v) is 13.4. The summed E-state index contributed by atoms with van der Waals surface area (Å²) in [7, 11) is -2.02. The Hall–Kier alpha value is -2.77. The average Bonchev–Trinajstić information content (AvgIpc) is 3.63. The van der Waals surface area contributed by atoms with E-state index in [9.17, 15) is 4.79 Å². The van der Waals surface area contributed by atoms with Crippen molar-refractivity contribution in [3.8, 4) is 17.2 Å². The predicted octanol–water partition coefficient (Wildman–Crippen LogP) is 7.38. The summed E-state index contributed by atoms with van der Waals surface area (Å²) in [4.78, 5) is 16.9. The van der Waals surface area contributed by atoms with Gasteiger partial charge in [-0.15, -0.1) is 0 Å². The SMILES string of the molecule is Cc1c(-c2cc(Cl)c3cnc(NC(=O)[C@H]4C[C@@H]4C#N)cc3c2)c(CO[Si](C)(C)C(C)(C)C)nn1C1CCCCO1. The van der Waals surface area contributed by atoms with E-state index < -0.39 is 8.32 Å². The van der Waals surface area contributed by atoms with Gasteiger partial charge in [-0.1, -0.05) is 32.4 Å². The molecule has 1 unspecified atom stereocenters. The van der Waals surface area contributed by atoms with Crippen molar-refractivity contribution in [1.82, 2.24) is 14.8 Å². The van der Waals surface area contributed by atoms with E-state index in [4.69, 9.17) is 31.1 Å². The van der Waals surface area contributed by atoms with Gasteiger partial charge in [-0.25, -0.2) is 9.67 Å². The maximum absolute atomic E-state index is 12.5. The van der Waals surface area contributed by atoms with Gasteiger partial charge in [0.25, 0.3) is 0 Å². The average molecular weight is 580 g/mol. The second-order valence-corrected chi connectivity index (χ2v) is 17.8. The highest BCUT2D eigenvalue weighted by Crippen LogP contribution is 2.41. The van der Waals surface area contributed by atoms with Gasteiger partial charge in [-0.2, -0.15) is 10.4 Å². The maximum Gasteiger partial charge on any atom is 0.230 e. The third kappa shape index (κ3) is 5.68. The molecule has 1 saturated carbocycles. The molecule has 0 bridgehead atoms. The molecule has 2 aromatic heterocycles. The largest absolute Gasteiger partial charge is 0.411 e. The van der Waals surface area contributed by atoms with Crippen LogP contribution in [0, 0.1) is 30.1 Å². The van der Waals surface area contributed by atoms with Gasteiger partial charge in [-0.05, 0) is 79.9 Å². The van der Waals surface area contributed by atoms with Gasteiger partial charge < -0.3 is 14.5 Å². The summed E-state index contributed by atoms with van der Waals surface area (Å²) in [6.45, 7) is 14.4. The molecule has 1 amide bonds. The Morgan fingerprint density at radius 3 is 2.73 bits per heavy atom. The predicted molar refractivity (Wildman–Crippen MR) is 159 cm³/mol. The van der Waals surface area contributed by atoms with Crippen LogP contribution in [-0.2, 0) is 20.6 Å². The summed E-state index contributed by atoms with van der Waals surface area (Å²) in [5, 5.41) is 19.3. The number of benzene rings is 1. The molecule has 1 saturated heterocycles. The fourth-order valence-corrected chi connectivity index (χ4v) is 6.20. The number of nitriles is 1. The van der Waals surface area contributed by atoms with Crippen molar-refractivity contribution in [2.24, 2.45) is 11.8 Å². The minimum absolute atomic E-state index is 0.0745. The Kier molecular flexibility index (Phi) is 7.83. The molecular formula is C30H38ClN5O3Si. The summed E-state index contributed by atoms with van der Waals surface area (Å²) in [5.41, 5.74) is 3.80. The zero-order chi connectivity index (χ0) is 28.8. The fourth-order valence-electron chi connectivity index (χ4n) is 4.99. The zero-order valence-corrected chi connectivity index (χ0v) is 25.9. The topological polar surface area (TPSA) is 102 Å². The Balaban J connectivity index is 1.53. The minimum atomic E-state index is -2.02. The zero-order valence-electron chi connectivity index (χ0n) is 24.2. The molecule has 3 heterocycles. The van der Waals surface area contributed by atoms with E-state index in [2.05, 4.69) is 63.2 Å². The highest BCUT2D eigenvalue weighted by molar-refractivity contribution is 6.74. The van der Waals surface area contributed by atoms with Gasteiger partial charge in [-0.3, -0.25) is 4.79 Å². The molecule has 2 fully saturated rings. The number of pyridine rings is 1. The van der Waals surface area contributed by atoms with E-state index >= 15 is 0 Å². The number of nitrogens with one attached hydrogen (secondary N) is 1. The highest BCUT2D eigenvalue weighted by Gasteiger charge is 2.43. The molecule has 8 nitrogen and oxygen atoms in total. The number of halogens is 1. The van der Waals surface area contributed by atoms with E-state index in [1.54, 1.807) is 6.20 Å². The Labute approximate surface area is 242 Å². The first-order valence-electron chi connectivity index (χ1n) is 14.0. The Morgan fingerprint density at radius 2 is 2.08 bits per heavy atom. The van der Waals surface area contributed by atoms with Crippen LogP contribution in [0.3, 0.4) is 0 Å². The number of amides is 1. The molecule has 40 heavy (non-hydrogen) atoms. The summed E-state index contributed by atoms with van der Waals surface area (Å²) >= 11 is 6.80. The maximum atomic E-state index is 12.5. The van der Waals surface area contributed by atoms with Crippen LogP contribution in [-0.4, -0.2) is 35.6 Å². The van der Waals surface area contributed by atoms with E-state index in [0.29, 0.717) is 23.9 Å². The Bertz CT molecular complexity index is 1480. The summed E-state index contributed by atoms with van der Waals surface area (Å²) in [5.74, 6) is -0.202. The summed E-state index contributed by atoms with van der Waals surface area (Å²) in [6.07, 6.45) is 5.27. The molecule has 212 valence electrons. The summed E-state index contributed by atoms with van der Waals surface area (Å²) < 4.78 is 14.8. The van der Waals surface area contributed by atoms with Crippen LogP contribution >= 0.6 is 11.6 Å². The molecule has 1 aliphatic carbocycles. The standard InChI is InChI=1S/C30H38ClN5O3Si/c1-18-28(25(17-39-40(5,6)30(2,3)4)35-36(18)27-9-7-8-10-38-27)20-11-19-14-26(33-16-23(19)24(31)13-20)34-29(37)22-12-21(22)15-32/h11,13-14,16,21-22,27H,7-10,12,17H2,1-6H3,(H,33,34,37)/t21-,22+,27?/m1/s1. The molecule has 0 radical (unpaired) electrons. The highest BCUT2D eigenvalue weighted by atomic mass is 35.5. The number of carbonyl (C=O) groups is 1. The molecular weight excluding hydrogens is 542 g/mol. The normalized spacial score (nSPS) is 21.3.